The number of sulfonamides is 1. The topological polar surface area (TPSA) is 86.8 Å². The van der Waals surface area contributed by atoms with Gasteiger partial charge >= 0.3 is 0 Å². The molecule has 0 aromatic heterocycles. The molecule has 0 aliphatic rings. The highest BCUT2D eigenvalue weighted by atomic mass is 35.5. The van der Waals surface area contributed by atoms with Gasteiger partial charge in [0.15, 0.2) is 0 Å². The summed E-state index contributed by atoms with van der Waals surface area (Å²) < 4.78 is 28.4. The molecule has 0 fully saturated rings. The summed E-state index contributed by atoms with van der Waals surface area (Å²) in [5.74, 6) is -1.05. The van der Waals surface area contributed by atoms with E-state index in [0.29, 0.717) is 20.6 Å². The Bertz CT molecular complexity index is 1420. The summed E-state index contributed by atoms with van der Waals surface area (Å²) in [6.07, 6.45) is 0.268. The number of likely N-dealkylation sites (N-methyl/N-ethyl adjacent to an activating group) is 1. The highest BCUT2D eigenvalue weighted by Crippen LogP contribution is 2.33. The Balaban J connectivity index is 2.10. The summed E-state index contributed by atoms with van der Waals surface area (Å²) in [5.41, 5.74) is 0.597. The van der Waals surface area contributed by atoms with E-state index in [-0.39, 0.29) is 28.6 Å². The van der Waals surface area contributed by atoms with Gasteiger partial charge in [0, 0.05) is 28.7 Å². The van der Waals surface area contributed by atoms with E-state index in [1.807, 2.05) is 0 Å². The molecule has 1 N–H and O–H groups in total. The number of hydrogen-bond donors (Lipinski definition) is 1. The Hall–Kier alpha value is -2.49. The maximum Gasteiger partial charge on any atom is 0.264 e. The van der Waals surface area contributed by atoms with Crippen molar-refractivity contribution in [2.75, 3.05) is 17.9 Å². The number of carbonyl (C=O) groups is 2. The first-order valence-corrected chi connectivity index (χ1v) is 14.4. The average Bonchev–Trinajstić information content (AvgIpc) is 2.88. The normalized spacial score (nSPS) is 12.1. The third-order valence-corrected chi connectivity index (χ3v) is 8.68. The second-order valence-electron chi connectivity index (χ2n) is 8.22. The highest BCUT2D eigenvalue weighted by Gasteiger charge is 2.34. The minimum Gasteiger partial charge on any atom is -0.357 e. The lowest BCUT2D eigenvalue weighted by molar-refractivity contribution is -0.140. The molecule has 0 aliphatic carbocycles. The maximum absolute atomic E-state index is 13.9. The van der Waals surface area contributed by atoms with E-state index in [1.54, 1.807) is 37.3 Å². The summed E-state index contributed by atoms with van der Waals surface area (Å²) in [4.78, 5) is 27.9. The summed E-state index contributed by atoms with van der Waals surface area (Å²) in [6.45, 7) is 1.05. The van der Waals surface area contributed by atoms with E-state index >= 15 is 0 Å². The molecule has 0 radical (unpaired) electrons. The molecule has 0 aliphatic heterocycles. The van der Waals surface area contributed by atoms with Gasteiger partial charge < -0.3 is 10.2 Å². The van der Waals surface area contributed by atoms with Gasteiger partial charge in [0.25, 0.3) is 10.0 Å². The van der Waals surface area contributed by atoms with Crippen molar-refractivity contribution in [1.82, 2.24) is 10.2 Å². The molecule has 3 rings (SSSR count). The Labute approximate surface area is 242 Å². The van der Waals surface area contributed by atoms with Crippen LogP contribution in [-0.4, -0.2) is 44.8 Å². The molecule has 0 spiro atoms. The van der Waals surface area contributed by atoms with Gasteiger partial charge in [0.05, 0.1) is 15.6 Å². The van der Waals surface area contributed by atoms with E-state index in [0.717, 1.165) is 4.31 Å². The molecule has 0 saturated heterocycles. The van der Waals surface area contributed by atoms with Crippen LogP contribution in [0.3, 0.4) is 0 Å². The van der Waals surface area contributed by atoms with Gasteiger partial charge in [-0.15, -0.1) is 0 Å². The van der Waals surface area contributed by atoms with Crippen molar-refractivity contribution in [2.45, 2.75) is 30.8 Å². The molecular formula is C26H25Cl4N3O4S. The minimum absolute atomic E-state index is 0.0374. The van der Waals surface area contributed by atoms with E-state index in [9.17, 15) is 18.0 Å². The molecule has 38 heavy (non-hydrogen) atoms. The lowest BCUT2D eigenvalue weighted by Crippen LogP contribution is -2.51. The number of anilines is 1. The predicted octanol–water partition coefficient (Wildman–Crippen LogP) is 6.05. The molecule has 1 unspecified atom stereocenters. The van der Waals surface area contributed by atoms with Crippen LogP contribution in [0.25, 0.3) is 0 Å². The third kappa shape index (κ3) is 6.93. The molecule has 7 nitrogen and oxygen atoms in total. The zero-order valence-corrected chi connectivity index (χ0v) is 24.3. The Morgan fingerprint density at radius 1 is 0.895 bits per heavy atom. The molecular weight excluding hydrogens is 592 g/mol. The molecule has 2 amide bonds. The lowest BCUT2D eigenvalue weighted by Gasteiger charge is -2.33. The van der Waals surface area contributed by atoms with Crippen LogP contribution < -0.4 is 9.62 Å². The number of nitrogens with zero attached hydrogens (tertiary/aromatic N) is 2. The predicted molar refractivity (Wildman–Crippen MR) is 153 cm³/mol. The molecule has 1 atom stereocenters. The minimum atomic E-state index is -4.25. The van der Waals surface area contributed by atoms with E-state index in [1.165, 1.54) is 48.3 Å². The zero-order valence-electron chi connectivity index (χ0n) is 20.5. The van der Waals surface area contributed by atoms with Crippen molar-refractivity contribution in [2.24, 2.45) is 0 Å². The second kappa shape index (κ2) is 13.0. The van der Waals surface area contributed by atoms with Crippen LogP contribution in [0.1, 0.15) is 18.9 Å². The fourth-order valence-corrected chi connectivity index (χ4v) is 6.32. The average molecular weight is 617 g/mol. The Morgan fingerprint density at radius 3 is 2.05 bits per heavy atom. The van der Waals surface area contributed by atoms with E-state index in [4.69, 9.17) is 46.4 Å². The molecule has 202 valence electrons. The molecule has 0 saturated carbocycles. The summed E-state index contributed by atoms with van der Waals surface area (Å²) in [5, 5.41) is 3.61. The van der Waals surface area contributed by atoms with Crippen molar-refractivity contribution in [3.63, 3.8) is 0 Å². The zero-order chi connectivity index (χ0) is 28.0. The fraction of sp³-hybridized carbons (Fsp3) is 0.231. The molecule has 3 aromatic rings. The van der Waals surface area contributed by atoms with Crippen LogP contribution >= 0.6 is 46.4 Å². The molecule has 0 bridgehead atoms. The largest absolute Gasteiger partial charge is 0.357 e. The van der Waals surface area contributed by atoms with E-state index < -0.39 is 34.4 Å². The van der Waals surface area contributed by atoms with Gasteiger partial charge in [0.2, 0.25) is 11.8 Å². The summed E-state index contributed by atoms with van der Waals surface area (Å²) in [6, 6.07) is 15.8. The number of nitrogens with one attached hydrogen (secondary N) is 1. The number of hydrogen-bond acceptors (Lipinski definition) is 4. The van der Waals surface area contributed by atoms with Crippen LogP contribution in [0.4, 0.5) is 5.69 Å². The van der Waals surface area contributed by atoms with Crippen LogP contribution in [0.15, 0.2) is 71.6 Å². The van der Waals surface area contributed by atoms with Gasteiger partial charge in [-0.2, -0.15) is 0 Å². The first-order valence-electron chi connectivity index (χ1n) is 11.5. The van der Waals surface area contributed by atoms with Crippen molar-refractivity contribution in [3.05, 3.63) is 92.4 Å². The SMILES string of the molecule is CCC(C(=O)NC)N(Cc1ccc(Cl)cc1Cl)C(=O)CN(c1ccc(Cl)cc1Cl)S(=O)(=O)c1ccccc1. The van der Waals surface area contributed by atoms with Gasteiger partial charge in [-0.25, -0.2) is 8.42 Å². The van der Waals surface area contributed by atoms with Crippen LogP contribution in [-0.2, 0) is 26.2 Å². The Kier molecular flexibility index (Phi) is 10.3. The van der Waals surface area contributed by atoms with Gasteiger partial charge in [-0.1, -0.05) is 77.6 Å². The summed E-state index contributed by atoms with van der Waals surface area (Å²) >= 11 is 24.8. The quantitative estimate of drug-likeness (QED) is 0.300. The van der Waals surface area contributed by atoms with Crippen LogP contribution in [0.2, 0.25) is 20.1 Å². The lowest BCUT2D eigenvalue weighted by atomic mass is 10.1. The smallest absolute Gasteiger partial charge is 0.264 e. The number of amides is 2. The second-order valence-corrected chi connectivity index (χ2v) is 11.8. The van der Waals surface area contributed by atoms with Crippen molar-refractivity contribution in [1.29, 1.82) is 0 Å². The first kappa shape index (κ1) is 30.1. The van der Waals surface area contributed by atoms with Gasteiger partial charge in [-0.3, -0.25) is 13.9 Å². The number of rotatable bonds is 10. The van der Waals surface area contributed by atoms with Crippen LogP contribution in [0.5, 0.6) is 0 Å². The van der Waals surface area contributed by atoms with Gasteiger partial charge in [0.1, 0.15) is 12.6 Å². The standard InChI is InChI=1S/C26H25Cl4N3O4S/c1-3-23(26(35)31-2)32(15-17-9-10-18(27)13-21(17)29)25(34)16-33(24-12-11-19(28)14-22(24)30)38(36,37)20-7-5-4-6-8-20/h4-14,23H,3,15-16H2,1-2H3,(H,31,35). The monoisotopic (exact) mass is 615 g/mol. The number of halogens is 4. The van der Waals surface area contributed by atoms with Crippen molar-refractivity contribution in [3.8, 4) is 0 Å². The summed E-state index contributed by atoms with van der Waals surface area (Å²) in [7, 11) is -2.79. The molecule has 3 aromatic carbocycles. The highest BCUT2D eigenvalue weighted by molar-refractivity contribution is 7.92. The molecule has 0 heterocycles. The third-order valence-electron chi connectivity index (χ3n) is 5.78. The fourth-order valence-electron chi connectivity index (χ4n) is 3.84. The van der Waals surface area contributed by atoms with Crippen molar-refractivity contribution >= 4 is 73.9 Å². The van der Waals surface area contributed by atoms with E-state index in [2.05, 4.69) is 5.32 Å². The number of benzene rings is 3. The van der Waals surface area contributed by atoms with Crippen molar-refractivity contribution < 1.29 is 18.0 Å². The molecule has 12 heteroatoms. The Morgan fingerprint density at radius 2 is 1.50 bits per heavy atom. The van der Waals surface area contributed by atoms with Crippen LogP contribution in [0, 0.1) is 0 Å². The maximum atomic E-state index is 13.9. The number of carbonyl (C=O) groups excluding carboxylic acids is 2. The first-order chi connectivity index (χ1) is 18.0. The van der Waals surface area contributed by atoms with Gasteiger partial charge in [-0.05, 0) is 54.4 Å².